The number of nitrogens with zero attached hydrogens (tertiary/aromatic N) is 1. The molecule has 0 aromatic rings. The number of hydrogen-bond donors (Lipinski definition) is 0. The van der Waals surface area contributed by atoms with Gasteiger partial charge in [0, 0.05) is 6.42 Å². The van der Waals surface area contributed by atoms with E-state index < -0.39 is 0 Å². The molecular weight excluding hydrogens is 306 g/mol. The van der Waals surface area contributed by atoms with Crippen molar-refractivity contribution in [3.63, 3.8) is 0 Å². The summed E-state index contributed by atoms with van der Waals surface area (Å²) < 4.78 is 0. The van der Waals surface area contributed by atoms with Crippen molar-refractivity contribution in [2.24, 2.45) is 51.8 Å². The fraction of sp³-hybridized carbons (Fsp3) is 0.826. The number of carbonyl (C=O) groups is 1. The van der Waals surface area contributed by atoms with Crippen molar-refractivity contribution in [3.05, 3.63) is 11.6 Å². The largest absolute Gasteiger partial charge is 0.295 e. The summed E-state index contributed by atoms with van der Waals surface area (Å²) >= 11 is 0. The van der Waals surface area contributed by atoms with Crippen LogP contribution in [0.3, 0.4) is 0 Å². The highest BCUT2D eigenvalue weighted by molar-refractivity contribution is 5.91. The molecule has 134 valence electrons. The average Bonchev–Trinajstić information content (AvgIpc) is 3.32. The van der Waals surface area contributed by atoms with E-state index in [1.165, 1.54) is 31.3 Å². The molecule has 0 saturated heterocycles. The third kappa shape index (κ3) is 1.69. The summed E-state index contributed by atoms with van der Waals surface area (Å²) in [5, 5.41) is 10.0. The van der Waals surface area contributed by atoms with Gasteiger partial charge in [-0.05, 0) is 91.4 Å². The summed E-state index contributed by atoms with van der Waals surface area (Å²) in [6.45, 7) is 9.54. The number of hydrogen-bond acceptors (Lipinski definition) is 2. The van der Waals surface area contributed by atoms with E-state index >= 15 is 0 Å². The van der Waals surface area contributed by atoms with Gasteiger partial charge < -0.3 is 0 Å². The molecule has 0 radical (unpaired) electrons. The summed E-state index contributed by atoms with van der Waals surface area (Å²) in [7, 11) is 0. The molecule has 2 heteroatoms. The maximum Gasteiger partial charge on any atom is 0.155 e. The minimum absolute atomic E-state index is 0.115. The van der Waals surface area contributed by atoms with Crippen LogP contribution in [0.1, 0.15) is 66.2 Å². The minimum atomic E-state index is -0.115. The highest BCUT2D eigenvalue weighted by Crippen LogP contribution is 2.79. The molecule has 5 rings (SSSR count). The van der Waals surface area contributed by atoms with Crippen LogP contribution in [0.15, 0.2) is 11.6 Å². The molecule has 5 aliphatic rings. The van der Waals surface area contributed by atoms with Crippen LogP contribution in [0.25, 0.3) is 0 Å². The van der Waals surface area contributed by atoms with E-state index in [0.29, 0.717) is 17.6 Å². The monoisotopic (exact) mass is 337 g/mol. The Balaban J connectivity index is 1.58. The van der Waals surface area contributed by atoms with Crippen LogP contribution in [-0.4, -0.2) is 5.78 Å². The summed E-state index contributed by atoms with van der Waals surface area (Å²) in [6, 6.07) is 2.79. The second kappa shape index (κ2) is 4.59. The molecular formula is C23H31NO. The van der Waals surface area contributed by atoms with Crippen LogP contribution in [-0.2, 0) is 4.79 Å². The summed E-state index contributed by atoms with van der Waals surface area (Å²) in [4.78, 5) is 12.1. The predicted octanol–water partition coefficient (Wildman–Crippen LogP) is 5.15. The molecule has 1 unspecified atom stereocenters. The third-order valence-electron chi connectivity index (χ3n) is 9.99. The Bertz CT molecular complexity index is 731. The first-order valence-electron chi connectivity index (χ1n) is 10.4. The van der Waals surface area contributed by atoms with Crippen molar-refractivity contribution in [3.8, 4) is 6.07 Å². The Morgan fingerprint density at radius 2 is 1.84 bits per heavy atom. The second-order valence-electron chi connectivity index (χ2n) is 10.7. The van der Waals surface area contributed by atoms with Crippen LogP contribution in [0.5, 0.6) is 0 Å². The number of fused-ring (bicyclic) bond motifs is 7. The summed E-state index contributed by atoms with van der Waals surface area (Å²) in [5.41, 5.74) is 1.78. The van der Waals surface area contributed by atoms with Crippen molar-refractivity contribution in [2.45, 2.75) is 66.2 Å². The fourth-order valence-electron chi connectivity index (χ4n) is 8.54. The quantitative estimate of drug-likeness (QED) is 0.613. The lowest BCUT2D eigenvalue weighted by Gasteiger charge is -2.61. The molecule has 0 spiro atoms. The zero-order valence-electron chi connectivity index (χ0n) is 16.1. The lowest BCUT2D eigenvalue weighted by atomic mass is 9.43. The maximum absolute atomic E-state index is 12.1. The number of ketones is 1. The van der Waals surface area contributed by atoms with Gasteiger partial charge in [-0.3, -0.25) is 4.79 Å². The number of carbonyl (C=O) groups excluding carboxylic acids is 1. The molecule has 4 saturated carbocycles. The SMILES string of the molecule is CC1C[C@H]2[C@@H]3[C@H]4C[C@H]4[C@](C)(C#N)[C@@]3(C)CC[C@@H]2[C@@]2(C)CCC(=O)C=C12. The molecule has 5 aliphatic carbocycles. The van der Waals surface area contributed by atoms with Crippen LogP contribution < -0.4 is 0 Å². The molecule has 0 aliphatic heterocycles. The van der Waals surface area contributed by atoms with Crippen molar-refractivity contribution < 1.29 is 4.79 Å². The van der Waals surface area contributed by atoms with Crippen molar-refractivity contribution >= 4 is 5.78 Å². The normalized spacial score (nSPS) is 59.0. The third-order valence-corrected chi connectivity index (χ3v) is 9.99. The van der Waals surface area contributed by atoms with Crippen LogP contribution >= 0.6 is 0 Å². The summed E-state index contributed by atoms with van der Waals surface area (Å²) in [5.74, 6) is 4.55. The first-order valence-corrected chi connectivity index (χ1v) is 10.4. The number of nitriles is 1. The van der Waals surface area contributed by atoms with Gasteiger partial charge in [-0.1, -0.05) is 26.3 Å². The molecule has 4 fully saturated rings. The van der Waals surface area contributed by atoms with Gasteiger partial charge in [0.15, 0.2) is 5.78 Å². The molecule has 0 amide bonds. The maximum atomic E-state index is 12.1. The van der Waals surface area contributed by atoms with Gasteiger partial charge in [-0.15, -0.1) is 0 Å². The smallest absolute Gasteiger partial charge is 0.155 e. The molecule has 9 atom stereocenters. The highest BCUT2D eigenvalue weighted by Gasteiger charge is 2.75. The van der Waals surface area contributed by atoms with Gasteiger partial charge in [0.2, 0.25) is 0 Å². The van der Waals surface area contributed by atoms with Gasteiger partial charge in [0.1, 0.15) is 0 Å². The van der Waals surface area contributed by atoms with Gasteiger partial charge in [-0.25, -0.2) is 0 Å². The van der Waals surface area contributed by atoms with Crippen LogP contribution in [0, 0.1) is 63.1 Å². The second-order valence-corrected chi connectivity index (χ2v) is 10.7. The molecule has 0 N–H and O–H groups in total. The topological polar surface area (TPSA) is 40.9 Å². The fourth-order valence-corrected chi connectivity index (χ4v) is 8.54. The Hall–Kier alpha value is -1.10. The van der Waals surface area contributed by atoms with Gasteiger partial charge in [0.25, 0.3) is 0 Å². The Morgan fingerprint density at radius 1 is 1.12 bits per heavy atom. The molecule has 2 nitrogen and oxygen atoms in total. The van der Waals surface area contributed by atoms with Gasteiger partial charge in [-0.2, -0.15) is 5.26 Å². The number of allylic oxidation sites excluding steroid dienone is 1. The van der Waals surface area contributed by atoms with Gasteiger partial charge in [0.05, 0.1) is 11.5 Å². The summed E-state index contributed by atoms with van der Waals surface area (Å²) in [6.07, 6.45) is 8.80. The van der Waals surface area contributed by atoms with Crippen LogP contribution in [0.4, 0.5) is 0 Å². The Morgan fingerprint density at radius 3 is 2.56 bits per heavy atom. The molecule has 0 bridgehead atoms. The van der Waals surface area contributed by atoms with Crippen molar-refractivity contribution in [2.75, 3.05) is 0 Å². The lowest BCUT2D eigenvalue weighted by molar-refractivity contribution is -0.119. The van der Waals surface area contributed by atoms with E-state index in [1.54, 1.807) is 0 Å². The van der Waals surface area contributed by atoms with Crippen molar-refractivity contribution in [1.82, 2.24) is 0 Å². The van der Waals surface area contributed by atoms with Crippen LogP contribution in [0.2, 0.25) is 0 Å². The van der Waals surface area contributed by atoms with E-state index in [0.717, 1.165) is 36.5 Å². The standard InChI is InChI=1S/C23H31NO/c1-13-9-15-17(21(2)7-5-14(25)10-18(13)21)6-8-22(3)20(15)16-11-19(16)23(22,4)12-24/h10,13,15-17,19-20H,5-9,11H2,1-4H3/t13?,15-,16+,17+,19-,20-,21-,22+,23+/m1/s1. The highest BCUT2D eigenvalue weighted by atomic mass is 16.1. The van der Waals surface area contributed by atoms with E-state index in [9.17, 15) is 10.1 Å². The van der Waals surface area contributed by atoms with Crippen molar-refractivity contribution in [1.29, 1.82) is 5.26 Å². The Labute approximate surface area is 152 Å². The van der Waals surface area contributed by atoms with E-state index in [-0.39, 0.29) is 16.2 Å². The van der Waals surface area contributed by atoms with Gasteiger partial charge >= 0.3 is 0 Å². The average molecular weight is 338 g/mol. The first-order chi connectivity index (χ1) is 11.8. The molecule has 25 heavy (non-hydrogen) atoms. The molecule has 0 aromatic carbocycles. The van der Waals surface area contributed by atoms with E-state index in [1.807, 2.05) is 6.08 Å². The zero-order valence-corrected chi connectivity index (χ0v) is 16.1. The minimum Gasteiger partial charge on any atom is -0.295 e. The predicted molar refractivity (Wildman–Crippen MR) is 97.3 cm³/mol. The van der Waals surface area contributed by atoms with E-state index in [4.69, 9.17) is 0 Å². The first kappa shape index (κ1) is 16.1. The lowest BCUT2D eigenvalue weighted by Crippen LogP contribution is -2.54. The van der Waals surface area contributed by atoms with E-state index in [2.05, 4.69) is 33.8 Å². The zero-order chi connectivity index (χ0) is 17.8. The Kier molecular flexibility index (Phi) is 2.96. The molecule has 0 aromatic heterocycles. The number of rotatable bonds is 0. The molecule has 0 heterocycles.